The van der Waals surface area contributed by atoms with E-state index in [1.807, 2.05) is 12.1 Å². The van der Waals surface area contributed by atoms with Gasteiger partial charge in [-0.3, -0.25) is 0 Å². The Balaban J connectivity index is 2.20. The van der Waals surface area contributed by atoms with Gasteiger partial charge in [0.25, 0.3) is 0 Å². The van der Waals surface area contributed by atoms with E-state index in [4.69, 9.17) is 16.3 Å². The van der Waals surface area contributed by atoms with Crippen LogP contribution in [0.1, 0.15) is 12.2 Å². The van der Waals surface area contributed by atoms with E-state index >= 15 is 0 Å². The van der Waals surface area contributed by atoms with Crippen molar-refractivity contribution in [3.05, 3.63) is 29.2 Å². The van der Waals surface area contributed by atoms with Crippen LogP contribution in [-0.4, -0.2) is 28.3 Å². The van der Waals surface area contributed by atoms with Crippen LogP contribution in [0.5, 0.6) is 0 Å². The Kier molecular flexibility index (Phi) is 3.18. The highest BCUT2D eigenvalue weighted by Gasteiger charge is 2.04. The summed E-state index contributed by atoms with van der Waals surface area (Å²) in [6.07, 6.45) is 1.73. The lowest BCUT2D eigenvalue weighted by Crippen LogP contribution is -1.95. The van der Waals surface area contributed by atoms with Crippen LogP contribution in [0.4, 0.5) is 0 Å². The first-order chi connectivity index (χ1) is 7.31. The van der Waals surface area contributed by atoms with Crippen LogP contribution < -0.4 is 0 Å². The molecule has 0 aliphatic rings. The van der Waals surface area contributed by atoms with Gasteiger partial charge in [0.05, 0.1) is 0 Å². The molecule has 0 aromatic carbocycles. The number of ether oxygens (including phenoxy) is 1. The number of rotatable bonds is 4. The average Bonchev–Trinajstić information content (AvgIpc) is 2.63. The molecule has 80 valence electrons. The molecular formula is C10H12ClN3O. The van der Waals surface area contributed by atoms with Gasteiger partial charge in [0, 0.05) is 20.1 Å². The first-order valence-corrected chi connectivity index (χ1v) is 5.18. The average molecular weight is 226 g/mol. The third-order valence-corrected chi connectivity index (χ3v) is 2.39. The van der Waals surface area contributed by atoms with Crippen LogP contribution in [0.25, 0.3) is 5.65 Å². The van der Waals surface area contributed by atoms with E-state index in [1.54, 1.807) is 17.7 Å². The van der Waals surface area contributed by atoms with E-state index in [0.29, 0.717) is 5.15 Å². The number of hydrogen-bond donors (Lipinski definition) is 0. The zero-order valence-corrected chi connectivity index (χ0v) is 9.24. The topological polar surface area (TPSA) is 39.4 Å². The number of methoxy groups -OCH3 is 1. The van der Waals surface area contributed by atoms with Crippen LogP contribution in [0.15, 0.2) is 18.2 Å². The molecule has 0 amide bonds. The highest BCUT2D eigenvalue weighted by atomic mass is 35.5. The van der Waals surface area contributed by atoms with Crippen molar-refractivity contribution in [1.82, 2.24) is 14.6 Å². The molecule has 0 bridgehead atoms. The summed E-state index contributed by atoms with van der Waals surface area (Å²) < 4.78 is 6.62. The number of aryl methyl sites for hydroxylation is 1. The molecule has 0 spiro atoms. The molecule has 0 fully saturated rings. The van der Waals surface area contributed by atoms with E-state index in [1.165, 1.54) is 0 Å². The minimum Gasteiger partial charge on any atom is -0.385 e. The van der Waals surface area contributed by atoms with Gasteiger partial charge >= 0.3 is 0 Å². The fourth-order valence-corrected chi connectivity index (χ4v) is 1.60. The lowest BCUT2D eigenvalue weighted by Gasteiger charge is -1.94. The van der Waals surface area contributed by atoms with Gasteiger partial charge in [-0.1, -0.05) is 17.7 Å². The van der Waals surface area contributed by atoms with Crippen molar-refractivity contribution in [2.24, 2.45) is 0 Å². The summed E-state index contributed by atoms with van der Waals surface area (Å²) in [5, 5.41) is 4.88. The Bertz CT molecular complexity index is 455. The summed E-state index contributed by atoms with van der Waals surface area (Å²) in [5.74, 6) is 0.806. The van der Waals surface area contributed by atoms with Gasteiger partial charge in [-0.15, -0.1) is 5.10 Å². The van der Waals surface area contributed by atoms with E-state index in [2.05, 4.69) is 10.1 Å². The van der Waals surface area contributed by atoms with Crippen LogP contribution >= 0.6 is 11.6 Å². The fraction of sp³-hybridized carbons (Fsp3) is 0.400. The van der Waals surface area contributed by atoms with Crippen molar-refractivity contribution in [3.63, 3.8) is 0 Å². The summed E-state index contributed by atoms with van der Waals surface area (Å²) in [6.45, 7) is 0.725. The Morgan fingerprint density at radius 3 is 3.07 bits per heavy atom. The molecule has 0 radical (unpaired) electrons. The zero-order chi connectivity index (χ0) is 10.7. The lowest BCUT2D eigenvalue weighted by molar-refractivity contribution is 0.194. The van der Waals surface area contributed by atoms with Gasteiger partial charge in [-0.2, -0.15) is 0 Å². The summed E-state index contributed by atoms with van der Waals surface area (Å²) in [5.41, 5.74) is 0.787. The molecule has 15 heavy (non-hydrogen) atoms. The second-order valence-corrected chi connectivity index (χ2v) is 3.63. The number of hydrogen-bond acceptors (Lipinski definition) is 3. The maximum atomic E-state index is 5.97. The predicted octanol–water partition coefficient (Wildman–Crippen LogP) is 1.96. The largest absolute Gasteiger partial charge is 0.385 e. The number of fused-ring (bicyclic) bond motifs is 1. The molecular weight excluding hydrogens is 214 g/mol. The number of nitrogens with zero attached hydrogens (tertiary/aromatic N) is 3. The van der Waals surface area contributed by atoms with Gasteiger partial charge in [0.2, 0.25) is 0 Å². The fourth-order valence-electron chi connectivity index (χ4n) is 1.40. The van der Waals surface area contributed by atoms with Gasteiger partial charge in [-0.05, 0) is 18.6 Å². The SMILES string of the molecule is COCCCc1nc2cccc(Cl)n2n1. The molecule has 0 saturated heterocycles. The Labute approximate surface area is 92.8 Å². The van der Waals surface area contributed by atoms with Crippen molar-refractivity contribution < 1.29 is 4.74 Å². The summed E-state index contributed by atoms with van der Waals surface area (Å²) in [4.78, 5) is 4.36. The lowest BCUT2D eigenvalue weighted by atomic mass is 10.3. The summed E-state index contributed by atoms with van der Waals surface area (Å²) in [7, 11) is 1.69. The maximum absolute atomic E-state index is 5.97. The van der Waals surface area contributed by atoms with Crippen molar-refractivity contribution in [3.8, 4) is 0 Å². The van der Waals surface area contributed by atoms with Gasteiger partial charge in [0.1, 0.15) is 5.15 Å². The van der Waals surface area contributed by atoms with E-state index in [0.717, 1.165) is 30.9 Å². The molecule has 2 rings (SSSR count). The van der Waals surface area contributed by atoms with Gasteiger partial charge < -0.3 is 4.74 Å². The number of pyridine rings is 1. The second-order valence-electron chi connectivity index (χ2n) is 3.24. The van der Waals surface area contributed by atoms with Crippen LogP contribution in [0.2, 0.25) is 5.15 Å². The standard InChI is InChI=1S/C10H12ClN3O/c1-15-7-3-5-9-12-10-6-2-4-8(11)14(10)13-9/h2,4,6H,3,5,7H2,1H3. The van der Waals surface area contributed by atoms with Crippen LogP contribution in [0, 0.1) is 0 Å². The quantitative estimate of drug-likeness (QED) is 0.590. The van der Waals surface area contributed by atoms with Crippen molar-refractivity contribution in [1.29, 1.82) is 0 Å². The third kappa shape index (κ3) is 2.27. The zero-order valence-electron chi connectivity index (χ0n) is 8.48. The minimum absolute atomic E-state index is 0.581. The molecule has 2 aromatic rings. The molecule has 4 nitrogen and oxygen atoms in total. The summed E-state index contributed by atoms with van der Waals surface area (Å²) in [6, 6.07) is 5.55. The van der Waals surface area contributed by atoms with Gasteiger partial charge in [-0.25, -0.2) is 9.50 Å². The first-order valence-electron chi connectivity index (χ1n) is 4.80. The van der Waals surface area contributed by atoms with E-state index in [-0.39, 0.29) is 0 Å². The highest BCUT2D eigenvalue weighted by Crippen LogP contribution is 2.11. The molecule has 0 aliphatic heterocycles. The summed E-state index contributed by atoms with van der Waals surface area (Å²) >= 11 is 5.97. The molecule has 2 aromatic heterocycles. The first kappa shape index (κ1) is 10.4. The molecule has 0 aliphatic carbocycles. The Hall–Kier alpha value is -1.13. The molecule has 5 heteroatoms. The van der Waals surface area contributed by atoms with Crippen molar-refractivity contribution in [2.45, 2.75) is 12.8 Å². The Morgan fingerprint density at radius 2 is 2.33 bits per heavy atom. The normalized spacial score (nSPS) is 11.1. The van der Waals surface area contributed by atoms with Gasteiger partial charge in [0.15, 0.2) is 11.5 Å². The highest BCUT2D eigenvalue weighted by molar-refractivity contribution is 6.29. The molecule has 0 saturated carbocycles. The maximum Gasteiger partial charge on any atom is 0.157 e. The molecule has 2 heterocycles. The third-order valence-electron chi connectivity index (χ3n) is 2.11. The smallest absolute Gasteiger partial charge is 0.157 e. The number of aromatic nitrogens is 3. The van der Waals surface area contributed by atoms with Crippen molar-refractivity contribution >= 4 is 17.2 Å². The Morgan fingerprint density at radius 1 is 1.47 bits per heavy atom. The predicted molar refractivity (Wildman–Crippen MR) is 58.2 cm³/mol. The van der Waals surface area contributed by atoms with Crippen LogP contribution in [0.3, 0.4) is 0 Å². The molecule has 0 N–H and O–H groups in total. The monoisotopic (exact) mass is 225 g/mol. The van der Waals surface area contributed by atoms with E-state index < -0.39 is 0 Å². The molecule has 0 atom stereocenters. The molecule has 0 unspecified atom stereocenters. The number of halogens is 1. The van der Waals surface area contributed by atoms with Crippen LogP contribution in [-0.2, 0) is 11.2 Å². The van der Waals surface area contributed by atoms with E-state index in [9.17, 15) is 0 Å². The minimum atomic E-state index is 0.581. The second kappa shape index (κ2) is 4.59. The van der Waals surface area contributed by atoms with Crippen molar-refractivity contribution in [2.75, 3.05) is 13.7 Å².